The van der Waals surface area contributed by atoms with Crippen LogP contribution in [0.1, 0.15) is 57.0 Å². The quantitative estimate of drug-likeness (QED) is 0.490. The molecule has 1 N–H and O–H groups in total. The highest BCUT2D eigenvalue weighted by Crippen LogP contribution is 2.30. The lowest BCUT2D eigenvalue weighted by atomic mass is 9.89. The largest absolute Gasteiger partial charge is 0.497 e. The second-order valence-electron chi connectivity index (χ2n) is 10.2. The molecule has 8 nitrogen and oxygen atoms in total. The molecule has 2 aliphatic heterocycles. The number of rotatable bonds is 6. The van der Waals surface area contributed by atoms with Crippen LogP contribution >= 0.6 is 0 Å². The Bertz CT molecular complexity index is 1280. The maximum Gasteiger partial charge on any atom is 0.257 e. The van der Waals surface area contributed by atoms with Gasteiger partial charge in [0.1, 0.15) is 11.6 Å². The molecule has 2 aliphatic rings. The summed E-state index contributed by atoms with van der Waals surface area (Å²) in [5.74, 6) is 1.87. The molecule has 3 heterocycles. The number of pyridine rings is 1. The summed E-state index contributed by atoms with van der Waals surface area (Å²) in [5.41, 5.74) is 3.86. The second-order valence-corrected chi connectivity index (χ2v) is 10.2. The zero-order valence-corrected chi connectivity index (χ0v) is 22.7. The third-order valence-electron chi connectivity index (χ3n) is 7.66. The average molecular weight is 529 g/mol. The number of hydrogen-bond donors (Lipinski definition) is 1. The molecule has 39 heavy (non-hydrogen) atoms. The number of carbonyl (C=O) groups excluding carboxylic acids is 2. The van der Waals surface area contributed by atoms with E-state index >= 15 is 0 Å². The van der Waals surface area contributed by atoms with E-state index in [4.69, 9.17) is 9.47 Å². The van der Waals surface area contributed by atoms with Crippen molar-refractivity contribution in [2.75, 3.05) is 56.7 Å². The average Bonchev–Trinajstić information content (AvgIpc) is 3.28. The number of methoxy groups -OCH3 is 1. The minimum absolute atomic E-state index is 0.00821. The zero-order valence-electron chi connectivity index (χ0n) is 22.7. The topological polar surface area (TPSA) is 84.0 Å². The molecule has 0 bridgehead atoms. The van der Waals surface area contributed by atoms with Gasteiger partial charge in [-0.15, -0.1) is 0 Å². The van der Waals surface area contributed by atoms with Crippen molar-refractivity contribution in [1.29, 1.82) is 0 Å². The molecule has 0 unspecified atom stereocenters. The van der Waals surface area contributed by atoms with Crippen molar-refractivity contribution in [3.8, 4) is 5.75 Å². The first-order valence-corrected chi connectivity index (χ1v) is 13.7. The fourth-order valence-electron chi connectivity index (χ4n) is 5.24. The molecular formula is C31H36N4O4. The highest BCUT2D eigenvalue weighted by Gasteiger charge is 2.25. The number of hydrogen-bond acceptors (Lipinski definition) is 6. The third-order valence-corrected chi connectivity index (χ3v) is 7.66. The summed E-state index contributed by atoms with van der Waals surface area (Å²) in [6, 6.07) is 17.4. The van der Waals surface area contributed by atoms with Crippen LogP contribution in [0.5, 0.6) is 5.75 Å². The Morgan fingerprint density at radius 2 is 1.72 bits per heavy atom. The number of benzene rings is 2. The van der Waals surface area contributed by atoms with Crippen LogP contribution in [0.15, 0.2) is 60.8 Å². The van der Waals surface area contributed by atoms with Crippen LogP contribution in [-0.4, -0.2) is 68.2 Å². The van der Waals surface area contributed by atoms with Gasteiger partial charge in [0.25, 0.3) is 11.8 Å². The lowest BCUT2D eigenvalue weighted by molar-refractivity contribution is 0.0712. The molecule has 3 aromatic rings. The van der Waals surface area contributed by atoms with Crippen LogP contribution in [0.25, 0.3) is 0 Å². The number of piperidine rings is 1. The normalized spacial score (nSPS) is 16.5. The molecule has 0 radical (unpaired) electrons. The number of ether oxygens (including phenoxy) is 2. The third kappa shape index (κ3) is 6.40. The van der Waals surface area contributed by atoms with Crippen LogP contribution < -0.4 is 15.0 Å². The Morgan fingerprint density at radius 3 is 2.44 bits per heavy atom. The molecule has 5 rings (SSSR count). The van der Waals surface area contributed by atoms with Gasteiger partial charge < -0.3 is 24.6 Å². The Morgan fingerprint density at radius 1 is 0.949 bits per heavy atom. The standard InChI is InChI=1S/C31H36N4O4/c1-22-4-5-25(31(37)35-15-12-24(13-16-35)23-6-9-27(38-2)10-7-23)20-28(22)33-30(36)26-8-11-29(32-21-26)34-14-3-18-39-19-17-34/h4-11,20-21,24H,3,12-19H2,1-2H3,(H,33,36). The Hall–Kier alpha value is -3.91. The van der Waals surface area contributed by atoms with Gasteiger partial charge in [0.05, 0.1) is 19.3 Å². The molecule has 1 aromatic heterocycles. The zero-order chi connectivity index (χ0) is 27.2. The molecule has 2 aromatic carbocycles. The summed E-state index contributed by atoms with van der Waals surface area (Å²) in [5, 5.41) is 2.98. The first kappa shape index (κ1) is 26.7. The van der Waals surface area contributed by atoms with E-state index in [0.717, 1.165) is 56.1 Å². The van der Waals surface area contributed by atoms with E-state index in [0.29, 0.717) is 42.4 Å². The lowest BCUT2D eigenvalue weighted by Gasteiger charge is -2.32. The fourth-order valence-corrected chi connectivity index (χ4v) is 5.24. The van der Waals surface area contributed by atoms with Gasteiger partial charge in [-0.1, -0.05) is 18.2 Å². The number of anilines is 2. The first-order valence-electron chi connectivity index (χ1n) is 13.7. The number of nitrogens with one attached hydrogen (secondary N) is 1. The van der Waals surface area contributed by atoms with E-state index in [1.165, 1.54) is 5.56 Å². The monoisotopic (exact) mass is 528 g/mol. The maximum atomic E-state index is 13.3. The number of likely N-dealkylation sites (tertiary alicyclic amines) is 1. The van der Waals surface area contributed by atoms with Crippen molar-refractivity contribution in [1.82, 2.24) is 9.88 Å². The van der Waals surface area contributed by atoms with E-state index in [1.807, 2.05) is 42.2 Å². The van der Waals surface area contributed by atoms with Crippen LogP contribution in [0.4, 0.5) is 11.5 Å². The number of aryl methyl sites for hydroxylation is 1. The van der Waals surface area contributed by atoms with Gasteiger partial charge >= 0.3 is 0 Å². The summed E-state index contributed by atoms with van der Waals surface area (Å²) in [4.78, 5) is 34.9. The van der Waals surface area contributed by atoms with Gasteiger partial charge in [-0.05, 0) is 79.6 Å². The molecule has 0 atom stereocenters. The first-order chi connectivity index (χ1) is 19.0. The van der Waals surface area contributed by atoms with Crippen molar-refractivity contribution in [3.63, 3.8) is 0 Å². The summed E-state index contributed by atoms with van der Waals surface area (Å²) in [7, 11) is 1.67. The van der Waals surface area contributed by atoms with Crippen molar-refractivity contribution < 1.29 is 19.1 Å². The minimum Gasteiger partial charge on any atom is -0.497 e. The Balaban J connectivity index is 1.20. The summed E-state index contributed by atoms with van der Waals surface area (Å²) < 4.78 is 10.8. The molecule has 0 spiro atoms. The predicted molar refractivity (Wildman–Crippen MR) is 152 cm³/mol. The molecule has 2 amide bonds. The van der Waals surface area contributed by atoms with Gasteiger partial charge in [-0.2, -0.15) is 0 Å². The van der Waals surface area contributed by atoms with Crippen molar-refractivity contribution in [3.05, 3.63) is 83.0 Å². The molecule has 2 saturated heterocycles. The van der Waals surface area contributed by atoms with E-state index in [2.05, 4.69) is 27.3 Å². The number of carbonyl (C=O) groups is 2. The predicted octanol–water partition coefficient (Wildman–Crippen LogP) is 4.90. The van der Waals surface area contributed by atoms with Gasteiger partial charge in [0, 0.05) is 50.2 Å². The summed E-state index contributed by atoms with van der Waals surface area (Å²) >= 11 is 0. The fraction of sp³-hybridized carbons (Fsp3) is 0.387. The van der Waals surface area contributed by atoms with Gasteiger partial charge in [-0.3, -0.25) is 9.59 Å². The smallest absolute Gasteiger partial charge is 0.257 e. The molecular weight excluding hydrogens is 492 g/mol. The lowest BCUT2D eigenvalue weighted by Crippen LogP contribution is -2.38. The van der Waals surface area contributed by atoms with E-state index in [-0.39, 0.29) is 11.8 Å². The Labute approximate surface area is 229 Å². The van der Waals surface area contributed by atoms with Crippen LogP contribution in [0, 0.1) is 6.92 Å². The molecule has 8 heteroatoms. The highest BCUT2D eigenvalue weighted by molar-refractivity contribution is 6.05. The van der Waals surface area contributed by atoms with E-state index in [1.54, 1.807) is 25.4 Å². The van der Waals surface area contributed by atoms with E-state index in [9.17, 15) is 9.59 Å². The number of amides is 2. The van der Waals surface area contributed by atoms with Gasteiger partial charge in [-0.25, -0.2) is 4.98 Å². The molecule has 0 saturated carbocycles. The van der Waals surface area contributed by atoms with Gasteiger partial charge in [0.2, 0.25) is 0 Å². The van der Waals surface area contributed by atoms with Crippen molar-refractivity contribution >= 4 is 23.3 Å². The van der Waals surface area contributed by atoms with Crippen LogP contribution in [-0.2, 0) is 4.74 Å². The highest BCUT2D eigenvalue weighted by atomic mass is 16.5. The van der Waals surface area contributed by atoms with Crippen molar-refractivity contribution in [2.24, 2.45) is 0 Å². The SMILES string of the molecule is COc1ccc(C2CCN(C(=O)c3ccc(C)c(NC(=O)c4ccc(N5CCCOCC5)nc4)c3)CC2)cc1. The van der Waals surface area contributed by atoms with E-state index < -0.39 is 0 Å². The number of nitrogens with zero attached hydrogens (tertiary/aromatic N) is 3. The maximum absolute atomic E-state index is 13.3. The summed E-state index contributed by atoms with van der Waals surface area (Å²) in [6.45, 7) is 6.44. The molecule has 2 fully saturated rings. The van der Waals surface area contributed by atoms with Gasteiger partial charge in [0.15, 0.2) is 0 Å². The van der Waals surface area contributed by atoms with Crippen LogP contribution in [0.2, 0.25) is 0 Å². The second kappa shape index (κ2) is 12.3. The number of aromatic nitrogens is 1. The summed E-state index contributed by atoms with van der Waals surface area (Å²) in [6.07, 6.45) is 4.40. The van der Waals surface area contributed by atoms with Crippen molar-refractivity contribution in [2.45, 2.75) is 32.1 Å². The Kier molecular flexibility index (Phi) is 8.42. The minimum atomic E-state index is -0.249. The van der Waals surface area contributed by atoms with Crippen LogP contribution in [0.3, 0.4) is 0 Å². The molecule has 0 aliphatic carbocycles. The molecule has 204 valence electrons.